The molecule has 0 radical (unpaired) electrons. The van der Waals surface area contributed by atoms with Gasteiger partial charge >= 0.3 is 0 Å². The molecule has 27 heavy (non-hydrogen) atoms. The maximum atomic E-state index is 9.65. The second-order valence-electron chi connectivity index (χ2n) is 6.41. The van der Waals surface area contributed by atoms with Gasteiger partial charge in [-0.3, -0.25) is 0 Å². The van der Waals surface area contributed by atoms with E-state index in [-0.39, 0.29) is 24.0 Å². The summed E-state index contributed by atoms with van der Waals surface area (Å²) in [6, 6.07) is 12.8. The first kappa shape index (κ1) is 17.2. The van der Waals surface area contributed by atoms with Crippen molar-refractivity contribution < 1.29 is 14.7 Å². The topological polar surface area (TPSA) is 115 Å². The minimum absolute atomic E-state index is 0.0803. The molecule has 3 aromatic rings. The quantitative estimate of drug-likeness (QED) is 0.639. The lowest BCUT2D eigenvalue weighted by atomic mass is 10.0. The third-order valence-electron chi connectivity index (χ3n) is 4.80. The van der Waals surface area contributed by atoms with Crippen LogP contribution >= 0.6 is 0 Å². The number of nitrogens with zero attached hydrogens (tertiary/aromatic N) is 3. The number of hydrogen-bond acceptors (Lipinski definition) is 7. The van der Waals surface area contributed by atoms with Gasteiger partial charge in [0, 0.05) is 23.7 Å². The molecule has 1 aromatic heterocycles. The number of phenols is 1. The van der Waals surface area contributed by atoms with E-state index in [4.69, 9.17) is 14.9 Å². The zero-order chi connectivity index (χ0) is 18.8. The molecule has 7 heteroatoms. The molecule has 4 rings (SSSR count). The van der Waals surface area contributed by atoms with E-state index in [1.54, 1.807) is 6.07 Å². The number of nitriles is 1. The number of aliphatic hydroxyl groups is 1. The second-order valence-corrected chi connectivity index (χ2v) is 6.41. The fourth-order valence-corrected chi connectivity index (χ4v) is 3.52. The van der Waals surface area contributed by atoms with Gasteiger partial charge in [0.2, 0.25) is 5.82 Å². The van der Waals surface area contributed by atoms with Gasteiger partial charge in [-0.05, 0) is 42.2 Å². The van der Waals surface area contributed by atoms with E-state index in [1.165, 1.54) is 23.3 Å². The molecule has 1 heterocycles. The van der Waals surface area contributed by atoms with Crippen LogP contribution in [0.3, 0.4) is 0 Å². The molecule has 1 atom stereocenters. The fraction of sp³-hybridized carbons (Fsp3) is 0.250. The van der Waals surface area contributed by atoms with E-state index in [9.17, 15) is 5.11 Å². The van der Waals surface area contributed by atoms with Crippen LogP contribution < -0.4 is 5.32 Å². The summed E-state index contributed by atoms with van der Waals surface area (Å²) in [6.07, 6.45) is 1.86. The third kappa shape index (κ3) is 3.16. The van der Waals surface area contributed by atoms with Crippen molar-refractivity contribution in [3.63, 3.8) is 0 Å². The van der Waals surface area contributed by atoms with Crippen LogP contribution in [0.2, 0.25) is 0 Å². The summed E-state index contributed by atoms with van der Waals surface area (Å²) in [7, 11) is 0. The molecule has 3 N–H and O–H groups in total. The first-order chi connectivity index (χ1) is 13.2. The highest BCUT2D eigenvalue weighted by molar-refractivity contribution is 5.67. The van der Waals surface area contributed by atoms with Gasteiger partial charge in [-0.15, -0.1) is 0 Å². The molecule has 2 aromatic carbocycles. The van der Waals surface area contributed by atoms with Crippen LogP contribution in [-0.2, 0) is 6.42 Å². The minimum Gasteiger partial charge on any atom is -0.507 e. The van der Waals surface area contributed by atoms with Gasteiger partial charge in [-0.2, -0.15) is 10.2 Å². The van der Waals surface area contributed by atoms with E-state index in [0.717, 1.165) is 18.4 Å². The first-order valence-electron chi connectivity index (χ1n) is 8.75. The van der Waals surface area contributed by atoms with Gasteiger partial charge in [-0.1, -0.05) is 23.4 Å². The number of phenolic OH excluding ortho intramolecular Hbond substituents is 1. The number of rotatable bonds is 5. The lowest BCUT2D eigenvalue weighted by Gasteiger charge is -2.13. The van der Waals surface area contributed by atoms with Gasteiger partial charge in [0.1, 0.15) is 11.8 Å². The summed E-state index contributed by atoms with van der Waals surface area (Å²) in [5.41, 5.74) is 4.05. The normalized spacial score (nSPS) is 15.5. The molecule has 0 amide bonds. The summed E-state index contributed by atoms with van der Waals surface area (Å²) in [5.74, 6) is 0.714. The lowest BCUT2D eigenvalue weighted by Crippen LogP contribution is -2.22. The minimum atomic E-state index is -0.0803. The predicted molar refractivity (Wildman–Crippen MR) is 97.7 cm³/mol. The van der Waals surface area contributed by atoms with Crippen LogP contribution in [0.5, 0.6) is 5.75 Å². The average molecular weight is 362 g/mol. The standard InChI is InChI=1S/C20H18N4O3/c21-11-13-10-12(4-7-18(13)26)20-23-19(24-27-20)16-3-1-2-15-14(16)5-6-17(15)22-8-9-25/h1-4,7,10,17,22,25-26H,5-6,8-9H2. The Morgan fingerprint density at radius 1 is 1.30 bits per heavy atom. The van der Waals surface area contributed by atoms with Crippen molar-refractivity contribution in [2.75, 3.05) is 13.2 Å². The molecule has 0 bridgehead atoms. The van der Waals surface area contributed by atoms with Crippen molar-refractivity contribution in [2.24, 2.45) is 0 Å². The smallest absolute Gasteiger partial charge is 0.258 e. The van der Waals surface area contributed by atoms with Gasteiger partial charge in [0.25, 0.3) is 5.89 Å². The molecule has 0 fully saturated rings. The van der Waals surface area contributed by atoms with Crippen LogP contribution in [0.15, 0.2) is 40.9 Å². The molecule has 136 valence electrons. The Bertz CT molecular complexity index is 1020. The van der Waals surface area contributed by atoms with Crippen molar-refractivity contribution >= 4 is 0 Å². The van der Waals surface area contributed by atoms with E-state index >= 15 is 0 Å². The molecule has 0 saturated heterocycles. The van der Waals surface area contributed by atoms with Crippen LogP contribution in [-0.4, -0.2) is 33.5 Å². The van der Waals surface area contributed by atoms with Gasteiger partial charge in [0.15, 0.2) is 0 Å². The molecule has 1 unspecified atom stereocenters. The maximum absolute atomic E-state index is 9.65. The number of aromatic hydroxyl groups is 1. The molecule has 1 aliphatic rings. The number of nitrogens with one attached hydrogen (secondary N) is 1. The van der Waals surface area contributed by atoms with Crippen molar-refractivity contribution in [1.29, 1.82) is 5.26 Å². The zero-order valence-corrected chi connectivity index (χ0v) is 14.5. The predicted octanol–water partition coefficient (Wildman–Crippen LogP) is 2.55. The SMILES string of the molecule is N#Cc1cc(-c2nc(-c3cccc4c3CCC4NCCO)no2)ccc1O. The second kappa shape index (κ2) is 7.19. The van der Waals surface area contributed by atoms with Gasteiger partial charge in [0.05, 0.1) is 12.2 Å². The monoisotopic (exact) mass is 362 g/mol. The summed E-state index contributed by atoms with van der Waals surface area (Å²) >= 11 is 0. The van der Waals surface area contributed by atoms with Crippen molar-refractivity contribution in [3.05, 3.63) is 53.1 Å². The highest BCUT2D eigenvalue weighted by Crippen LogP contribution is 2.37. The first-order valence-corrected chi connectivity index (χ1v) is 8.75. The third-order valence-corrected chi connectivity index (χ3v) is 4.80. The Morgan fingerprint density at radius 2 is 2.19 bits per heavy atom. The van der Waals surface area contributed by atoms with E-state index in [0.29, 0.717) is 23.8 Å². The number of benzene rings is 2. The summed E-state index contributed by atoms with van der Waals surface area (Å²) in [6.45, 7) is 0.666. The highest BCUT2D eigenvalue weighted by atomic mass is 16.5. The van der Waals surface area contributed by atoms with Crippen LogP contribution in [0.1, 0.15) is 29.2 Å². The van der Waals surface area contributed by atoms with Crippen LogP contribution in [0.4, 0.5) is 0 Å². The van der Waals surface area contributed by atoms with E-state index in [2.05, 4.69) is 21.5 Å². The fourth-order valence-electron chi connectivity index (χ4n) is 3.52. The molecule has 7 nitrogen and oxygen atoms in total. The van der Waals surface area contributed by atoms with Crippen molar-refractivity contribution in [2.45, 2.75) is 18.9 Å². The molecular weight excluding hydrogens is 344 g/mol. The number of aliphatic hydroxyl groups excluding tert-OH is 1. The largest absolute Gasteiger partial charge is 0.507 e. The number of aromatic nitrogens is 2. The molecular formula is C20H18N4O3. The number of fused-ring (bicyclic) bond motifs is 1. The van der Waals surface area contributed by atoms with E-state index in [1.807, 2.05) is 18.2 Å². The zero-order valence-electron chi connectivity index (χ0n) is 14.5. The highest BCUT2D eigenvalue weighted by Gasteiger charge is 2.26. The Balaban J connectivity index is 1.67. The Morgan fingerprint density at radius 3 is 3.00 bits per heavy atom. The van der Waals surface area contributed by atoms with Crippen molar-refractivity contribution in [1.82, 2.24) is 15.5 Å². The van der Waals surface area contributed by atoms with Crippen LogP contribution in [0, 0.1) is 11.3 Å². The van der Waals surface area contributed by atoms with Gasteiger partial charge in [-0.25, -0.2) is 0 Å². The number of hydrogen-bond donors (Lipinski definition) is 3. The molecule has 1 aliphatic carbocycles. The lowest BCUT2D eigenvalue weighted by molar-refractivity contribution is 0.284. The van der Waals surface area contributed by atoms with E-state index < -0.39 is 0 Å². The Labute approximate surface area is 155 Å². The Hall–Kier alpha value is -3.21. The summed E-state index contributed by atoms with van der Waals surface area (Å²) in [4.78, 5) is 4.49. The molecule has 0 aliphatic heterocycles. The Kier molecular flexibility index (Phi) is 4.59. The average Bonchev–Trinajstić information content (AvgIpc) is 3.34. The summed E-state index contributed by atoms with van der Waals surface area (Å²) < 4.78 is 5.40. The van der Waals surface area contributed by atoms with Crippen LogP contribution in [0.25, 0.3) is 22.8 Å². The molecule has 0 spiro atoms. The summed E-state index contributed by atoms with van der Waals surface area (Å²) in [5, 5.41) is 35.2. The maximum Gasteiger partial charge on any atom is 0.258 e. The molecule has 0 saturated carbocycles. The van der Waals surface area contributed by atoms with Gasteiger partial charge < -0.3 is 20.1 Å². The van der Waals surface area contributed by atoms with Crippen molar-refractivity contribution in [3.8, 4) is 34.7 Å².